The first-order chi connectivity index (χ1) is 6.09. The number of esters is 1. The summed E-state index contributed by atoms with van der Waals surface area (Å²) in [6.45, 7) is 4.83. The summed E-state index contributed by atoms with van der Waals surface area (Å²) in [5.41, 5.74) is 0. The summed E-state index contributed by atoms with van der Waals surface area (Å²) in [5, 5.41) is 0. The van der Waals surface area contributed by atoms with Gasteiger partial charge in [0.2, 0.25) is 0 Å². The van der Waals surface area contributed by atoms with Crippen LogP contribution in [-0.4, -0.2) is 36.4 Å². The standard InChI is InChI=1S/C8H13BrO4/c1-3-11-6(10)8(2,9)7-12-4-5-13-7/h7H,3-5H2,1-2H3/t8-/m0/s1. The molecule has 4 nitrogen and oxygen atoms in total. The van der Waals surface area contributed by atoms with Gasteiger partial charge in [-0.1, -0.05) is 15.9 Å². The Morgan fingerprint density at radius 3 is 2.62 bits per heavy atom. The van der Waals surface area contributed by atoms with Gasteiger partial charge in [-0.15, -0.1) is 0 Å². The molecule has 1 fully saturated rings. The molecule has 1 aliphatic heterocycles. The lowest BCUT2D eigenvalue weighted by molar-refractivity contribution is -0.156. The number of rotatable bonds is 3. The van der Waals surface area contributed by atoms with Crippen molar-refractivity contribution < 1.29 is 19.0 Å². The van der Waals surface area contributed by atoms with Crippen molar-refractivity contribution in [2.45, 2.75) is 24.5 Å². The molecule has 0 bridgehead atoms. The monoisotopic (exact) mass is 252 g/mol. The number of ether oxygens (including phenoxy) is 3. The minimum absolute atomic E-state index is 0.354. The molecule has 0 N–H and O–H groups in total. The van der Waals surface area contributed by atoms with E-state index < -0.39 is 10.6 Å². The molecular formula is C8H13BrO4. The van der Waals surface area contributed by atoms with Crippen LogP contribution in [0.1, 0.15) is 13.8 Å². The highest BCUT2D eigenvalue weighted by molar-refractivity contribution is 9.10. The zero-order valence-corrected chi connectivity index (χ0v) is 9.30. The van der Waals surface area contributed by atoms with Crippen molar-refractivity contribution in [1.29, 1.82) is 0 Å². The third kappa shape index (κ3) is 2.42. The first kappa shape index (κ1) is 10.9. The number of carbonyl (C=O) groups excluding carboxylic acids is 1. The fourth-order valence-corrected chi connectivity index (χ4v) is 1.42. The predicted molar refractivity (Wildman–Crippen MR) is 49.7 cm³/mol. The normalized spacial score (nSPS) is 22.7. The quantitative estimate of drug-likeness (QED) is 0.557. The Hall–Kier alpha value is -0.130. The van der Waals surface area contributed by atoms with Crippen LogP contribution in [0.2, 0.25) is 0 Å². The van der Waals surface area contributed by atoms with Crippen molar-refractivity contribution in [3.63, 3.8) is 0 Å². The number of hydrogen-bond acceptors (Lipinski definition) is 4. The molecular weight excluding hydrogens is 240 g/mol. The van der Waals surface area contributed by atoms with E-state index in [1.807, 2.05) is 0 Å². The van der Waals surface area contributed by atoms with Gasteiger partial charge in [-0.3, -0.25) is 4.79 Å². The maximum absolute atomic E-state index is 11.4. The third-order valence-corrected chi connectivity index (χ3v) is 2.44. The molecule has 1 heterocycles. The molecule has 1 atom stereocenters. The topological polar surface area (TPSA) is 44.8 Å². The van der Waals surface area contributed by atoms with Crippen LogP contribution in [0.4, 0.5) is 0 Å². The molecule has 0 aliphatic carbocycles. The smallest absolute Gasteiger partial charge is 0.327 e. The van der Waals surface area contributed by atoms with Crippen LogP contribution in [0.5, 0.6) is 0 Å². The van der Waals surface area contributed by atoms with Gasteiger partial charge in [-0.05, 0) is 13.8 Å². The van der Waals surface area contributed by atoms with Gasteiger partial charge in [-0.2, -0.15) is 0 Å². The molecule has 5 heteroatoms. The second-order valence-corrected chi connectivity index (χ2v) is 4.52. The summed E-state index contributed by atoms with van der Waals surface area (Å²) in [6, 6.07) is 0. The highest BCUT2D eigenvalue weighted by Crippen LogP contribution is 2.29. The van der Waals surface area contributed by atoms with Crippen LogP contribution in [0.3, 0.4) is 0 Å². The van der Waals surface area contributed by atoms with Gasteiger partial charge in [0.25, 0.3) is 0 Å². The zero-order chi connectivity index (χ0) is 9.90. The molecule has 0 aromatic heterocycles. The Morgan fingerprint density at radius 2 is 2.15 bits per heavy atom. The van der Waals surface area contributed by atoms with Crippen LogP contribution < -0.4 is 0 Å². The van der Waals surface area contributed by atoms with Crippen LogP contribution in [0.25, 0.3) is 0 Å². The van der Waals surface area contributed by atoms with Gasteiger partial charge in [0.15, 0.2) is 10.6 Å². The zero-order valence-electron chi connectivity index (χ0n) is 7.71. The maximum Gasteiger partial charge on any atom is 0.327 e. The molecule has 0 aromatic rings. The van der Waals surface area contributed by atoms with Gasteiger partial charge in [0, 0.05) is 0 Å². The predicted octanol–water partition coefficient (Wildman–Crippen LogP) is 1.08. The molecule has 76 valence electrons. The van der Waals surface area contributed by atoms with E-state index >= 15 is 0 Å². The average molecular weight is 253 g/mol. The maximum atomic E-state index is 11.4. The van der Waals surface area contributed by atoms with Crippen molar-refractivity contribution >= 4 is 21.9 Å². The van der Waals surface area contributed by atoms with E-state index in [0.717, 1.165) is 0 Å². The molecule has 0 spiro atoms. The van der Waals surface area contributed by atoms with E-state index in [2.05, 4.69) is 15.9 Å². The second kappa shape index (κ2) is 4.39. The number of halogens is 1. The minimum atomic E-state index is -0.903. The third-order valence-electron chi connectivity index (χ3n) is 1.74. The van der Waals surface area contributed by atoms with Crippen molar-refractivity contribution in [2.24, 2.45) is 0 Å². The van der Waals surface area contributed by atoms with Crippen molar-refractivity contribution in [1.82, 2.24) is 0 Å². The van der Waals surface area contributed by atoms with Crippen LogP contribution in [-0.2, 0) is 19.0 Å². The summed E-state index contributed by atoms with van der Waals surface area (Å²) in [5.74, 6) is -0.359. The van der Waals surface area contributed by atoms with Gasteiger partial charge >= 0.3 is 5.97 Å². The highest BCUT2D eigenvalue weighted by Gasteiger charge is 2.44. The fourth-order valence-electron chi connectivity index (χ4n) is 1.04. The first-order valence-corrected chi connectivity index (χ1v) is 4.97. The van der Waals surface area contributed by atoms with E-state index in [1.54, 1.807) is 13.8 Å². The molecule has 0 radical (unpaired) electrons. The van der Waals surface area contributed by atoms with E-state index in [1.165, 1.54) is 0 Å². The van der Waals surface area contributed by atoms with Gasteiger partial charge < -0.3 is 14.2 Å². The summed E-state index contributed by atoms with van der Waals surface area (Å²) >= 11 is 3.25. The molecule has 0 amide bonds. The van der Waals surface area contributed by atoms with Crippen molar-refractivity contribution in [2.75, 3.05) is 19.8 Å². The van der Waals surface area contributed by atoms with Crippen molar-refractivity contribution in [3.8, 4) is 0 Å². The lowest BCUT2D eigenvalue weighted by Gasteiger charge is -2.25. The lowest BCUT2D eigenvalue weighted by Crippen LogP contribution is -2.43. The molecule has 1 saturated heterocycles. The molecule has 0 unspecified atom stereocenters. The van der Waals surface area contributed by atoms with Gasteiger partial charge in [0.05, 0.1) is 19.8 Å². The summed E-state index contributed by atoms with van der Waals surface area (Å²) < 4.78 is 14.4. The molecule has 1 aliphatic rings. The van der Waals surface area contributed by atoms with Crippen LogP contribution >= 0.6 is 15.9 Å². The number of hydrogen-bond donors (Lipinski definition) is 0. The van der Waals surface area contributed by atoms with Crippen molar-refractivity contribution in [3.05, 3.63) is 0 Å². The van der Waals surface area contributed by atoms with E-state index in [4.69, 9.17) is 14.2 Å². The SMILES string of the molecule is CCOC(=O)[C@](C)(Br)C1OCCO1. The van der Waals surface area contributed by atoms with Gasteiger partial charge in [-0.25, -0.2) is 0 Å². The Labute approximate surface area is 85.7 Å². The van der Waals surface area contributed by atoms with Gasteiger partial charge in [0.1, 0.15) is 0 Å². The van der Waals surface area contributed by atoms with E-state index in [-0.39, 0.29) is 5.97 Å². The number of carbonyl (C=O) groups is 1. The fraction of sp³-hybridized carbons (Fsp3) is 0.875. The summed E-state index contributed by atoms with van der Waals surface area (Å²) in [6.07, 6.45) is -0.549. The Bertz CT molecular complexity index is 187. The Balaban J connectivity index is 2.57. The lowest BCUT2D eigenvalue weighted by atomic mass is 10.2. The molecule has 1 rings (SSSR count). The number of alkyl halides is 1. The molecule has 13 heavy (non-hydrogen) atoms. The summed E-state index contributed by atoms with van der Waals surface area (Å²) in [4.78, 5) is 11.4. The van der Waals surface area contributed by atoms with Crippen LogP contribution in [0.15, 0.2) is 0 Å². The molecule has 0 aromatic carbocycles. The second-order valence-electron chi connectivity index (χ2n) is 2.87. The highest BCUT2D eigenvalue weighted by atomic mass is 79.9. The largest absolute Gasteiger partial charge is 0.465 e. The minimum Gasteiger partial charge on any atom is -0.465 e. The van der Waals surface area contributed by atoms with Crippen LogP contribution in [0, 0.1) is 0 Å². The Morgan fingerprint density at radius 1 is 1.62 bits per heavy atom. The Kier molecular flexibility index (Phi) is 3.70. The summed E-state index contributed by atoms with van der Waals surface area (Å²) in [7, 11) is 0. The molecule has 0 saturated carbocycles. The first-order valence-electron chi connectivity index (χ1n) is 4.18. The average Bonchev–Trinajstić information content (AvgIpc) is 2.56. The van der Waals surface area contributed by atoms with E-state index in [9.17, 15) is 4.79 Å². The van der Waals surface area contributed by atoms with E-state index in [0.29, 0.717) is 19.8 Å².